The van der Waals surface area contributed by atoms with Crippen LogP contribution in [0.15, 0.2) is 0 Å². The van der Waals surface area contributed by atoms with Crippen LogP contribution in [0, 0.1) is 12.8 Å². The Labute approximate surface area is 93.4 Å². The van der Waals surface area contributed by atoms with Crippen molar-refractivity contribution in [1.29, 1.82) is 0 Å². The van der Waals surface area contributed by atoms with E-state index in [9.17, 15) is 4.79 Å². The zero-order valence-electron chi connectivity index (χ0n) is 8.53. The lowest BCUT2D eigenvalue weighted by Crippen LogP contribution is -2.25. The second kappa shape index (κ2) is 3.77. The largest absolute Gasteiger partial charge is 0.380 e. The Morgan fingerprint density at radius 1 is 1.73 bits per heavy atom. The molecule has 82 valence electrons. The van der Waals surface area contributed by atoms with Crippen molar-refractivity contribution in [1.82, 2.24) is 10.2 Å². The Kier molecular flexibility index (Phi) is 2.60. The molecular weight excluding hydrogens is 212 g/mol. The van der Waals surface area contributed by atoms with Gasteiger partial charge in [-0.1, -0.05) is 0 Å². The third-order valence-electron chi connectivity index (χ3n) is 2.68. The molecule has 1 aromatic rings. The van der Waals surface area contributed by atoms with E-state index in [1.165, 1.54) is 0 Å². The van der Waals surface area contributed by atoms with Crippen LogP contribution in [0.3, 0.4) is 0 Å². The lowest BCUT2D eigenvalue weighted by molar-refractivity contribution is -0.117. The van der Waals surface area contributed by atoms with Crippen molar-refractivity contribution in [2.24, 2.45) is 5.92 Å². The van der Waals surface area contributed by atoms with Crippen molar-refractivity contribution < 1.29 is 4.79 Å². The smallest absolute Gasteiger partial charge is 0.227 e. The maximum Gasteiger partial charge on any atom is 0.227 e. The Morgan fingerprint density at radius 2 is 2.47 bits per heavy atom. The first-order valence-electron chi connectivity index (χ1n) is 4.85. The van der Waals surface area contributed by atoms with E-state index in [1.54, 1.807) is 4.90 Å². The van der Waals surface area contributed by atoms with E-state index in [0.717, 1.165) is 17.1 Å². The van der Waals surface area contributed by atoms with E-state index in [0.29, 0.717) is 24.7 Å². The molecule has 2 rings (SSSR count). The molecule has 1 aliphatic heterocycles. The van der Waals surface area contributed by atoms with Gasteiger partial charge in [0.15, 0.2) is 5.82 Å². The number of aromatic nitrogens is 2. The molecule has 1 fully saturated rings. The lowest BCUT2D eigenvalue weighted by Gasteiger charge is -2.15. The molecule has 0 radical (unpaired) electrons. The Bertz CT molecular complexity index is 370. The molecule has 1 amide bonds. The van der Waals surface area contributed by atoms with E-state index in [2.05, 4.69) is 22.8 Å². The average molecular weight is 226 g/mol. The Balaban J connectivity index is 2.29. The SMILES string of the molecule is Cc1[nH]nc(N)c1N1CC(CS)CC1=O. The molecule has 1 saturated heterocycles. The molecule has 6 heteroatoms. The monoisotopic (exact) mass is 226 g/mol. The van der Waals surface area contributed by atoms with Crippen LogP contribution in [0.5, 0.6) is 0 Å². The first-order valence-corrected chi connectivity index (χ1v) is 5.48. The predicted molar refractivity (Wildman–Crippen MR) is 62.1 cm³/mol. The van der Waals surface area contributed by atoms with E-state index < -0.39 is 0 Å². The molecule has 2 heterocycles. The minimum Gasteiger partial charge on any atom is -0.380 e. The number of rotatable bonds is 2. The van der Waals surface area contributed by atoms with Gasteiger partial charge in [-0.25, -0.2) is 0 Å². The maximum atomic E-state index is 11.7. The molecule has 3 N–H and O–H groups in total. The summed E-state index contributed by atoms with van der Waals surface area (Å²) < 4.78 is 0. The summed E-state index contributed by atoms with van der Waals surface area (Å²) in [5.74, 6) is 1.53. The normalized spacial score (nSPS) is 21.3. The van der Waals surface area contributed by atoms with Crippen molar-refractivity contribution in [2.45, 2.75) is 13.3 Å². The Hall–Kier alpha value is -1.17. The van der Waals surface area contributed by atoms with Crippen LogP contribution in [0.25, 0.3) is 0 Å². The fourth-order valence-corrected chi connectivity index (χ4v) is 2.15. The number of nitrogens with one attached hydrogen (secondary N) is 1. The number of thiol groups is 1. The first-order chi connectivity index (χ1) is 7.13. The molecule has 1 atom stereocenters. The highest BCUT2D eigenvalue weighted by Crippen LogP contribution is 2.31. The van der Waals surface area contributed by atoms with Gasteiger partial charge in [-0.2, -0.15) is 17.7 Å². The van der Waals surface area contributed by atoms with Gasteiger partial charge in [0.1, 0.15) is 5.69 Å². The predicted octanol–water partition coefficient (Wildman–Crippen LogP) is 0.583. The number of H-pyrrole nitrogens is 1. The average Bonchev–Trinajstić information content (AvgIpc) is 2.71. The van der Waals surface area contributed by atoms with Crippen LogP contribution >= 0.6 is 12.6 Å². The van der Waals surface area contributed by atoms with Crippen LogP contribution in [0.2, 0.25) is 0 Å². The number of anilines is 2. The summed E-state index contributed by atoms with van der Waals surface area (Å²) in [6.07, 6.45) is 0.549. The lowest BCUT2D eigenvalue weighted by atomic mass is 10.1. The minimum atomic E-state index is 0.102. The summed E-state index contributed by atoms with van der Waals surface area (Å²) in [5.41, 5.74) is 7.28. The quantitative estimate of drug-likeness (QED) is 0.646. The van der Waals surface area contributed by atoms with Crippen LogP contribution < -0.4 is 10.6 Å². The number of amides is 1. The third-order valence-corrected chi connectivity index (χ3v) is 3.19. The van der Waals surface area contributed by atoms with Gasteiger partial charge in [-0.3, -0.25) is 9.89 Å². The van der Waals surface area contributed by atoms with Crippen molar-refractivity contribution in [3.63, 3.8) is 0 Å². The van der Waals surface area contributed by atoms with Gasteiger partial charge in [0.25, 0.3) is 0 Å². The van der Waals surface area contributed by atoms with Crippen molar-refractivity contribution in [2.75, 3.05) is 22.9 Å². The summed E-state index contributed by atoms with van der Waals surface area (Å²) in [6.45, 7) is 2.55. The number of nitrogens with two attached hydrogens (primary N) is 1. The summed E-state index contributed by atoms with van der Waals surface area (Å²) in [6, 6.07) is 0. The molecular formula is C9H14N4OS. The van der Waals surface area contributed by atoms with E-state index in [-0.39, 0.29) is 5.91 Å². The highest BCUT2D eigenvalue weighted by molar-refractivity contribution is 7.80. The molecule has 0 aliphatic carbocycles. The summed E-state index contributed by atoms with van der Waals surface area (Å²) in [4.78, 5) is 13.4. The van der Waals surface area contributed by atoms with Gasteiger partial charge in [0, 0.05) is 13.0 Å². The molecule has 0 spiro atoms. The molecule has 5 nitrogen and oxygen atoms in total. The molecule has 1 aliphatic rings. The zero-order valence-corrected chi connectivity index (χ0v) is 9.42. The molecule has 0 bridgehead atoms. The van der Waals surface area contributed by atoms with Gasteiger partial charge >= 0.3 is 0 Å². The molecule has 15 heavy (non-hydrogen) atoms. The van der Waals surface area contributed by atoms with Gasteiger partial charge in [-0.05, 0) is 18.6 Å². The van der Waals surface area contributed by atoms with Gasteiger partial charge in [0.05, 0.1) is 5.69 Å². The number of nitrogen functional groups attached to an aromatic ring is 1. The fourth-order valence-electron chi connectivity index (χ4n) is 1.90. The number of hydrogen-bond acceptors (Lipinski definition) is 4. The standard InChI is InChI=1S/C9H14N4OS/c1-5-8(9(10)12-11-5)13-3-6(4-15)2-7(13)14/h6,15H,2-4H2,1H3,(H3,10,11,12). The minimum absolute atomic E-state index is 0.102. The first kappa shape index (κ1) is 10.4. The van der Waals surface area contributed by atoms with Crippen molar-refractivity contribution in [3.05, 3.63) is 5.69 Å². The number of aromatic amines is 1. The Morgan fingerprint density at radius 3 is 2.93 bits per heavy atom. The van der Waals surface area contributed by atoms with Gasteiger partial charge < -0.3 is 10.6 Å². The second-order valence-corrected chi connectivity index (χ2v) is 4.20. The number of hydrogen-bond donors (Lipinski definition) is 3. The van der Waals surface area contributed by atoms with E-state index in [4.69, 9.17) is 5.73 Å². The van der Waals surface area contributed by atoms with Gasteiger partial charge in [0.2, 0.25) is 5.91 Å². The highest BCUT2D eigenvalue weighted by atomic mass is 32.1. The highest BCUT2D eigenvalue weighted by Gasteiger charge is 2.32. The molecule has 1 aromatic heterocycles. The number of carbonyl (C=O) groups excluding carboxylic acids is 1. The maximum absolute atomic E-state index is 11.7. The van der Waals surface area contributed by atoms with Crippen LogP contribution in [0.1, 0.15) is 12.1 Å². The summed E-state index contributed by atoms with van der Waals surface area (Å²) in [7, 11) is 0. The topological polar surface area (TPSA) is 75.0 Å². The van der Waals surface area contributed by atoms with E-state index >= 15 is 0 Å². The fraction of sp³-hybridized carbons (Fsp3) is 0.556. The summed E-state index contributed by atoms with van der Waals surface area (Å²) >= 11 is 4.21. The molecule has 0 saturated carbocycles. The number of aryl methyl sites for hydroxylation is 1. The van der Waals surface area contributed by atoms with Crippen LogP contribution in [-0.2, 0) is 4.79 Å². The molecule has 1 unspecified atom stereocenters. The van der Waals surface area contributed by atoms with Crippen molar-refractivity contribution >= 4 is 30.0 Å². The van der Waals surface area contributed by atoms with Crippen LogP contribution in [0.4, 0.5) is 11.5 Å². The molecule has 0 aromatic carbocycles. The van der Waals surface area contributed by atoms with E-state index in [1.807, 2.05) is 6.92 Å². The van der Waals surface area contributed by atoms with Gasteiger partial charge in [-0.15, -0.1) is 0 Å². The van der Waals surface area contributed by atoms with Crippen molar-refractivity contribution in [3.8, 4) is 0 Å². The number of nitrogens with zero attached hydrogens (tertiary/aromatic N) is 2. The zero-order chi connectivity index (χ0) is 11.0. The second-order valence-electron chi connectivity index (χ2n) is 3.84. The number of carbonyl (C=O) groups is 1. The third kappa shape index (κ3) is 1.69. The van der Waals surface area contributed by atoms with Crippen LogP contribution in [-0.4, -0.2) is 28.4 Å². The summed E-state index contributed by atoms with van der Waals surface area (Å²) in [5, 5.41) is 6.67.